The minimum absolute atomic E-state index is 0.0488. The zero-order chi connectivity index (χ0) is 19.7. The number of hydrogen-bond donors (Lipinski definition) is 2. The fraction of sp³-hybridized carbons (Fsp3) is 0.412. The van der Waals surface area contributed by atoms with E-state index in [-0.39, 0.29) is 25.4 Å². The number of halogens is 2. The third kappa shape index (κ3) is 7.41. The van der Waals surface area contributed by atoms with Crippen molar-refractivity contribution in [1.29, 1.82) is 0 Å². The van der Waals surface area contributed by atoms with E-state index in [1.54, 1.807) is 32.9 Å². The number of amides is 2. The van der Waals surface area contributed by atoms with E-state index in [4.69, 9.17) is 27.9 Å². The van der Waals surface area contributed by atoms with Gasteiger partial charge >= 0.3 is 5.97 Å². The van der Waals surface area contributed by atoms with Crippen LogP contribution < -0.4 is 10.7 Å². The van der Waals surface area contributed by atoms with Gasteiger partial charge in [0.05, 0.1) is 23.2 Å². The number of carbonyl (C=O) groups excluding carboxylic acids is 3. The van der Waals surface area contributed by atoms with Crippen LogP contribution in [0.3, 0.4) is 0 Å². The first-order valence-electron chi connectivity index (χ1n) is 7.99. The van der Waals surface area contributed by atoms with Crippen LogP contribution in [0.2, 0.25) is 10.0 Å². The van der Waals surface area contributed by atoms with Crippen molar-refractivity contribution in [2.45, 2.75) is 33.6 Å². The highest BCUT2D eigenvalue weighted by Crippen LogP contribution is 2.25. The molecule has 0 radical (unpaired) electrons. The van der Waals surface area contributed by atoms with Crippen molar-refractivity contribution in [3.8, 4) is 0 Å². The Morgan fingerprint density at radius 3 is 2.46 bits per heavy atom. The number of rotatable bonds is 8. The van der Waals surface area contributed by atoms with Gasteiger partial charge < -0.3 is 10.1 Å². The Morgan fingerprint density at radius 2 is 1.85 bits per heavy atom. The normalized spacial score (nSPS) is 12.3. The molecule has 0 aliphatic carbocycles. The van der Waals surface area contributed by atoms with E-state index in [0.717, 1.165) is 0 Å². The van der Waals surface area contributed by atoms with Crippen LogP contribution >= 0.6 is 23.2 Å². The van der Waals surface area contributed by atoms with E-state index in [1.165, 1.54) is 6.07 Å². The van der Waals surface area contributed by atoms with Gasteiger partial charge in [-0.1, -0.05) is 23.2 Å². The summed E-state index contributed by atoms with van der Waals surface area (Å²) in [7, 11) is 0. The standard InChI is InChI=1S/C17H21Cl2N3O4/c1-4-26-17(25)10(2)11(3)21-22-16(24)8-7-15(23)20-14-6-5-12(18)9-13(14)19/h5-6,9-10H,4,7-8H2,1-3H3,(H,20,23)(H,22,24). The molecule has 1 rings (SSSR count). The summed E-state index contributed by atoms with van der Waals surface area (Å²) in [6, 6.07) is 4.68. The van der Waals surface area contributed by atoms with Crippen molar-refractivity contribution in [1.82, 2.24) is 5.43 Å². The van der Waals surface area contributed by atoms with Crippen molar-refractivity contribution in [2.24, 2.45) is 11.0 Å². The van der Waals surface area contributed by atoms with E-state index in [9.17, 15) is 14.4 Å². The number of hydrogen-bond acceptors (Lipinski definition) is 5. The van der Waals surface area contributed by atoms with Gasteiger partial charge in [-0.05, 0) is 39.0 Å². The predicted molar refractivity (Wildman–Crippen MR) is 101 cm³/mol. The van der Waals surface area contributed by atoms with Crippen LogP contribution in [0.15, 0.2) is 23.3 Å². The number of benzene rings is 1. The fourth-order valence-corrected chi connectivity index (χ4v) is 2.23. The lowest BCUT2D eigenvalue weighted by molar-refractivity contribution is -0.145. The zero-order valence-corrected chi connectivity index (χ0v) is 16.3. The number of esters is 1. The third-order valence-corrected chi connectivity index (χ3v) is 3.96. The Morgan fingerprint density at radius 1 is 1.19 bits per heavy atom. The maximum Gasteiger partial charge on any atom is 0.314 e. The molecule has 1 aromatic carbocycles. The van der Waals surface area contributed by atoms with E-state index < -0.39 is 17.8 Å². The molecule has 2 N–H and O–H groups in total. The Hall–Kier alpha value is -2.12. The Labute approximate surface area is 162 Å². The van der Waals surface area contributed by atoms with Crippen molar-refractivity contribution < 1.29 is 19.1 Å². The molecule has 0 heterocycles. The minimum atomic E-state index is -0.564. The van der Waals surface area contributed by atoms with E-state index in [2.05, 4.69) is 15.8 Å². The molecule has 0 aliphatic rings. The van der Waals surface area contributed by atoms with Crippen LogP contribution in [0.5, 0.6) is 0 Å². The molecule has 0 aliphatic heterocycles. The summed E-state index contributed by atoms with van der Waals surface area (Å²) in [5, 5.41) is 7.23. The molecule has 0 bridgehead atoms. The van der Waals surface area contributed by atoms with Gasteiger partial charge in [-0.15, -0.1) is 0 Å². The molecule has 0 spiro atoms. The SMILES string of the molecule is CCOC(=O)C(C)C(C)=NNC(=O)CCC(=O)Nc1ccc(Cl)cc1Cl. The van der Waals surface area contributed by atoms with Gasteiger partial charge in [0.15, 0.2) is 0 Å². The van der Waals surface area contributed by atoms with Crippen molar-refractivity contribution >= 4 is 52.4 Å². The maximum atomic E-state index is 11.9. The number of nitrogens with zero attached hydrogens (tertiary/aromatic N) is 1. The number of nitrogens with one attached hydrogen (secondary N) is 2. The first kappa shape index (κ1) is 21.9. The van der Waals surface area contributed by atoms with E-state index in [0.29, 0.717) is 21.4 Å². The summed E-state index contributed by atoms with van der Waals surface area (Å²) in [6.07, 6.45) is -0.117. The molecule has 0 aromatic heterocycles. The first-order valence-corrected chi connectivity index (χ1v) is 8.74. The molecule has 26 heavy (non-hydrogen) atoms. The molecular weight excluding hydrogens is 381 g/mol. The second kappa shape index (κ2) is 10.8. The quantitative estimate of drug-likeness (QED) is 0.396. The highest BCUT2D eigenvalue weighted by molar-refractivity contribution is 6.36. The topological polar surface area (TPSA) is 96.9 Å². The molecular formula is C17H21Cl2N3O4. The lowest BCUT2D eigenvalue weighted by Crippen LogP contribution is -2.26. The predicted octanol–water partition coefficient (Wildman–Crippen LogP) is 3.40. The molecule has 0 saturated carbocycles. The third-order valence-electron chi connectivity index (χ3n) is 3.41. The van der Waals surface area contributed by atoms with Gasteiger partial charge in [0.2, 0.25) is 11.8 Å². The highest BCUT2D eigenvalue weighted by atomic mass is 35.5. The van der Waals surface area contributed by atoms with E-state index in [1.807, 2.05) is 0 Å². The lowest BCUT2D eigenvalue weighted by Gasteiger charge is -2.10. The van der Waals surface area contributed by atoms with Crippen LogP contribution in [0.25, 0.3) is 0 Å². The summed E-state index contributed by atoms with van der Waals surface area (Å²) < 4.78 is 4.88. The van der Waals surface area contributed by atoms with Crippen LogP contribution in [-0.4, -0.2) is 30.1 Å². The largest absolute Gasteiger partial charge is 0.465 e. The maximum absolute atomic E-state index is 11.9. The van der Waals surface area contributed by atoms with Crippen LogP contribution in [0, 0.1) is 5.92 Å². The second-order valence-corrected chi connectivity index (χ2v) is 6.28. The van der Waals surface area contributed by atoms with Crippen LogP contribution in [0.4, 0.5) is 5.69 Å². The monoisotopic (exact) mass is 401 g/mol. The summed E-state index contributed by atoms with van der Waals surface area (Å²) in [6.45, 7) is 5.22. The molecule has 0 fully saturated rings. The van der Waals surface area contributed by atoms with Crippen molar-refractivity contribution in [3.05, 3.63) is 28.2 Å². The molecule has 1 unspecified atom stereocenters. The van der Waals surface area contributed by atoms with Crippen molar-refractivity contribution in [2.75, 3.05) is 11.9 Å². The molecule has 1 atom stereocenters. The molecule has 1 aromatic rings. The summed E-state index contributed by atoms with van der Waals surface area (Å²) in [5.74, 6) is -1.80. The molecule has 142 valence electrons. The van der Waals surface area contributed by atoms with E-state index >= 15 is 0 Å². The summed E-state index contributed by atoms with van der Waals surface area (Å²) in [5.41, 5.74) is 3.14. The van der Waals surface area contributed by atoms with Crippen molar-refractivity contribution in [3.63, 3.8) is 0 Å². The number of anilines is 1. The average Bonchev–Trinajstić information content (AvgIpc) is 2.59. The van der Waals surface area contributed by atoms with Gasteiger partial charge in [-0.25, -0.2) is 5.43 Å². The first-order chi connectivity index (χ1) is 12.2. The zero-order valence-electron chi connectivity index (χ0n) is 14.8. The molecule has 7 nitrogen and oxygen atoms in total. The summed E-state index contributed by atoms with van der Waals surface area (Å²) >= 11 is 11.7. The second-order valence-electron chi connectivity index (χ2n) is 5.43. The summed E-state index contributed by atoms with van der Waals surface area (Å²) in [4.78, 5) is 35.2. The Bertz CT molecular complexity index is 707. The molecule has 0 saturated heterocycles. The van der Waals surface area contributed by atoms with Gasteiger partial charge in [-0.2, -0.15) is 5.10 Å². The van der Waals surface area contributed by atoms with Gasteiger partial charge in [-0.3, -0.25) is 14.4 Å². The number of hydrazone groups is 1. The van der Waals surface area contributed by atoms with Crippen LogP contribution in [-0.2, 0) is 19.1 Å². The van der Waals surface area contributed by atoms with Crippen LogP contribution in [0.1, 0.15) is 33.6 Å². The number of ether oxygens (including phenoxy) is 1. The Balaban J connectivity index is 2.44. The Kier molecular flexibility index (Phi) is 9.09. The molecule has 9 heteroatoms. The smallest absolute Gasteiger partial charge is 0.314 e. The molecule has 2 amide bonds. The number of carbonyl (C=O) groups is 3. The lowest BCUT2D eigenvalue weighted by atomic mass is 10.1. The van der Waals surface area contributed by atoms with Gasteiger partial charge in [0.1, 0.15) is 0 Å². The minimum Gasteiger partial charge on any atom is -0.465 e. The highest BCUT2D eigenvalue weighted by Gasteiger charge is 2.17. The van der Waals surface area contributed by atoms with Gasteiger partial charge in [0.25, 0.3) is 0 Å². The van der Waals surface area contributed by atoms with Gasteiger partial charge in [0, 0.05) is 23.6 Å². The average molecular weight is 402 g/mol. The fourth-order valence-electron chi connectivity index (χ4n) is 1.77.